The molecule has 0 spiro atoms. The van der Waals surface area contributed by atoms with E-state index in [1.165, 1.54) is 0 Å². The van der Waals surface area contributed by atoms with Crippen LogP contribution < -0.4 is 16.0 Å². The van der Waals surface area contributed by atoms with Gasteiger partial charge in [-0.3, -0.25) is 14.4 Å². The van der Waals surface area contributed by atoms with Gasteiger partial charge in [0.1, 0.15) is 11.9 Å². The Hall–Kier alpha value is -4.94. The van der Waals surface area contributed by atoms with Crippen molar-refractivity contribution in [2.75, 3.05) is 11.9 Å². The molecule has 0 saturated heterocycles. The standard InChI is InChI=1S/C31H38N4O4.C2HF3O2/c1-31(2,3)29(35-27(36)14-8-10-20-33-26-13-7-9-19-32-26)30(39)34-25(21-28(37)38)24-17-15-23(16-18-24)22-11-5-4-6-12-22;3-2(4,5)1(6)7/h4-7,9,11-13,15-19,25,29H,8,10,14,20-21H2,1-3H3,(H,32,33)(H,34,39)(H,35,36)(H,37,38);(H,6,7)/t25?,29-;/m1./s1. The largest absolute Gasteiger partial charge is 0.490 e. The zero-order chi connectivity index (χ0) is 34.3. The van der Waals surface area contributed by atoms with Gasteiger partial charge in [0.05, 0.1) is 12.5 Å². The van der Waals surface area contributed by atoms with Crippen LogP contribution >= 0.6 is 0 Å². The average molecular weight is 645 g/mol. The van der Waals surface area contributed by atoms with Crippen LogP contribution in [0, 0.1) is 5.41 Å². The van der Waals surface area contributed by atoms with Crippen molar-refractivity contribution >= 4 is 29.6 Å². The molecule has 3 rings (SSSR count). The fraction of sp³-hybridized carbons (Fsp3) is 0.364. The Labute approximate surface area is 265 Å². The Balaban J connectivity index is 0.000000942. The molecule has 1 unspecified atom stereocenters. The molecule has 0 fully saturated rings. The van der Waals surface area contributed by atoms with E-state index < -0.39 is 41.5 Å². The highest BCUT2D eigenvalue weighted by atomic mass is 19.4. The minimum absolute atomic E-state index is 0.218. The summed E-state index contributed by atoms with van der Waals surface area (Å²) in [5.74, 6) is -3.62. The molecule has 0 aliphatic rings. The van der Waals surface area contributed by atoms with E-state index in [9.17, 15) is 32.7 Å². The molecule has 0 aliphatic heterocycles. The van der Waals surface area contributed by atoms with Gasteiger partial charge in [0.2, 0.25) is 11.8 Å². The van der Waals surface area contributed by atoms with Gasteiger partial charge in [-0.05, 0) is 47.1 Å². The highest BCUT2D eigenvalue weighted by Crippen LogP contribution is 2.25. The zero-order valence-electron chi connectivity index (χ0n) is 25.8. The highest BCUT2D eigenvalue weighted by Gasteiger charge is 2.38. The number of alkyl halides is 3. The number of carbonyl (C=O) groups excluding carboxylic acids is 2. The van der Waals surface area contributed by atoms with Crippen molar-refractivity contribution in [2.24, 2.45) is 5.41 Å². The predicted molar refractivity (Wildman–Crippen MR) is 167 cm³/mol. The lowest BCUT2D eigenvalue weighted by atomic mass is 9.85. The smallest absolute Gasteiger partial charge is 0.481 e. The van der Waals surface area contributed by atoms with Crippen molar-refractivity contribution in [3.05, 3.63) is 84.6 Å². The number of nitrogens with one attached hydrogen (secondary N) is 3. The maximum atomic E-state index is 13.4. The summed E-state index contributed by atoms with van der Waals surface area (Å²) >= 11 is 0. The molecule has 1 heterocycles. The summed E-state index contributed by atoms with van der Waals surface area (Å²) < 4.78 is 31.7. The summed E-state index contributed by atoms with van der Waals surface area (Å²) in [5.41, 5.74) is 2.15. The fourth-order valence-corrected chi connectivity index (χ4v) is 4.22. The monoisotopic (exact) mass is 644 g/mol. The van der Waals surface area contributed by atoms with Crippen LogP contribution in [0.3, 0.4) is 0 Å². The van der Waals surface area contributed by atoms with E-state index in [1.54, 1.807) is 6.20 Å². The quantitative estimate of drug-likeness (QED) is 0.146. The van der Waals surface area contributed by atoms with Gasteiger partial charge in [-0.1, -0.05) is 81.4 Å². The van der Waals surface area contributed by atoms with Crippen LogP contribution in [0.5, 0.6) is 0 Å². The Bertz CT molecular complexity index is 1410. The van der Waals surface area contributed by atoms with Gasteiger partial charge in [-0.2, -0.15) is 13.2 Å². The lowest BCUT2D eigenvalue weighted by Crippen LogP contribution is -2.54. The number of carboxylic acids is 2. The summed E-state index contributed by atoms with van der Waals surface area (Å²) in [6, 6.07) is 21.4. The predicted octanol–water partition coefficient (Wildman–Crippen LogP) is 5.83. The minimum Gasteiger partial charge on any atom is -0.481 e. The van der Waals surface area contributed by atoms with Crippen molar-refractivity contribution < 1.29 is 42.6 Å². The molecule has 5 N–H and O–H groups in total. The first-order valence-electron chi connectivity index (χ1n) is 14.5. The molecule has 1 aromatic heterocycles. The summed E-state index contributed by atoms with van der Waals surface area (Å²) in [6.45, 7) is 6.30. The van der Waals surface area contributed by atoms with Crippen molar-refractivity contribution in [1.29, 1.82) is 0 Å². The molecule has 46 heavy (non-hydrogen) atoms. The molecule has 0 aliphatic carbocycles. The first-order valence-corrected chi connectivity index (χ1v) is 14.5. The number of amides is 2. The number of halogens is 3. The third-order valence-corrected chi connectivity index (χ3v) is 6.59. The second-order valence-electron chi connectivity index (χ2n) is 11.4. The Kier molecular flexibility index (Phi) is 14.2. The first-order chi connectivity index (χ1) is 21.6. The summed E-state index contributed by atoms with van der Waals surface area (Å²) in [7, 11) is 0. The number of pyridine rings is 1. The molecule has 2 amide bonds. The van der Waals surface area contributed by atoms with Crippen molar-refractivity contribution in [3.63, 3.8) is 0 Å². The molecule has 10 nitrogen and oxygen atoms in total. The van der Waals surface area contributed by atoms with E-state index in [0.29, 0.717) is 18.5 Å². The van der Waals surface area contributed by atoms with E-state index in [-0.39, 0.29) is 18.7 Å². The number of carboxylic acid groups (broad SMARTS) is 2. The van der Waals surface area contributed by atoms with Crippen LogP contribution in [-0.4, -0.2) is 57.7 Å². The Morgan fingerprint density at radius 1 is 0.804 bits per heavy atom. The summed E-state index contributed by atoms with van der Waals surface area (Å²) in [4.78, 5) is 50.8. The van der Waals surface area contributed by atoms with Crippen LogP contribution in [0.2, 0.25) is 0 Å². The molecule has 3 aromatic rings. The average Bonchev–Trinajstić information content (AvgIpc) is 2.99. The molecule has 13 heteroatoms. The number of hydrogen-bond donors (Lipinski definition) is 5. The van der Waals surface area contributed by atoms with Crippen molar-refractivity contribution in [2.45, 2.75) is 64.7 Å². The molecule has 2 atom stereocenters. The van der Waals surface area contributed by atoms with Crippen LogP contribution in [0.4, 0.5) is 19.0 Å². The van der Waals surface area contributed by atoms with Crippen LogP contribution in [0.25, 0.3) is 11.1 Å². The zero-order valence-corrected chi connectivity index (χ0v) is 25.8. The molecule has 248 valence electrons. The topological polar surface area (TPSA) is 158 Å². The van der Waals surface area contributed by atoms with Crippen LogP contribution in [0.15, 0.2) is 79.0 Å². The van der Waals surface area contributed by atoms with Gasteiger partial charge < -0.3 is 26.2 Å². The Morgan fingerprint density at radius 3 is 1.91 bits per heavy atom. The number of aromatic nitrogens is 1. The van der Waals surface area contributed by atoms with Gasteiger partial charge in [0.15, 0.2) is 0 Å². The molecular weight excluding hydrogens is 605 g/mol. The van der Waals surface area contributed by atoms with Crippen LogP contribution in [-0.2, 0) is 19.2 Å². The number of rotatable bonds is 13. The van der Waals surface area contributed by atoms with Gasteiger partial charge in [-0.25, -0.2) is 9.78 Å². The normalized spacial score (nSPS) is 12.5. The lowest BCUT2D eigenvalue weighted by Gasteiger charge is -2.32. The third kappa shape index (κ3) is 13.4. The number of carbonyl (C=O) groups is 4. The summed E-state index contributed by atoms with van der Waals surface area (Å²) in [5, 5.41) is 25.6. The number of nitrogens with zero attached hydrogens (tertiary/aromatic N) is 1. The number of benzene rings is 2. The molecule has 2 aromatic carbocycles. The Morgan fingerprint density at radius 2 is 1.39 bits per heavy atom. The number of hydrogen-bond acceptors (Lipinski definition) is 6. The number of unbranched alkanes of at least 4 members (excludes halogenated alkanes) is 1. The van der Waals surface area contributed by atoms with Crippen molar-refractivity contribution in [3.8, 4) is 11.1 Å². The van der Waals surface area contributed by atoms with E-state index in [2.05, 4.69) is 20.9 Å². The maximum Gasteiger partial charge on any atom is 0.490 e. The van der Waals surface area contributed by atoms with Gasteiger partial charge in [-0.15, -0.1) is 0 Å². The molecular formula is C33H39F3N4O6. The van der Waals surface area contributed by atoms with E-state index >= 15 is 0 Å². The highest BCUT2D eigenvalue weighted by molar-refractivity contribution is 5.89. The maximum absolute atomic E-state index is 13.4. The third-order valence-electron chi connectivity index (χ3n) is 6.59. The number of aliphatic carboxylic acids is 2. The van der Waals surface area contributed by atoms with Crippen molar-refractivity contribution in [1.82, 2.24) is 15.6 Å². The second-order valence-corrected chi connectivity index (χ2v) is 11.4. The van der Waals surface area contributed by atoms with Crippen LogP contribution in [0.1, 0.15) is 58.1 Å². The fourth-order valence-electron chi connectivity index (χ4n) is 4.22. The van der Waals surface area contributed by atoms with Gasteiger partial charge in [0.25, 0.3) is 0 Å². The molecule has 0 saturated carbocycles. The summed E-state index contributed by atoms with van der Waals surface area (Å²) in [6.07, 6.45) is -1.93. The second kappa shape index (κ2) is 17.5. The SMILES string of the molecule is CC(C)(C)[C@H](NC(=O)CCCCNc1ccccn1)C(=O)NC(CC(=O)O)c1ccc(-c2ccccc2)cc1.O=C(O)C(F)(F)F. The van der Waals surface area contributed by atoms with Gasteiger partial charge in [0, 0.05) is 19.2 Å². The van der Waals surface area contributed by atoms with E-state index in [1.807, 2.05) is 93.6 Å². The molecule has 0 bridgehead atoms. The first kappa shape index (κ1) is 37.2. The van der Waals surface area contributed by atoms with E-state index in [4.69, 9.17) is 9.90 Å². The lowest BCUT2D eigenvalue weighted by molar-refractivity contribution is -0.192. The number of anilines is 1. The van der Waals surface area contributed by atoms with E-state index in [0.717, 1.165) is 23.4 Å². The minimum atomic E-state index is -5.08. The van der Waals surface area contributed by atoms with Gasteiger partial charge >= 0.3 is 18.1 Å². The molecule has 0 radical (unpaired) electrons.